The molecule has 5 nitrogen and oxygen atoms in total. The molecule has 0 spiro atoms. The van der Waals surface area contributed by atoms with E-state index < -0.39 is 0 Å². The number of rotatable bonds is 9. The van der Waals surface area contributed by atoms with Crippen molar-refractivity contribution in [3.8, 4) is 0 Å². The van der Waals surface area contributed by atoms with Crippen molar-refractivity contribution >= 4 is 52.6 Å². The molecule has 0 atom stereocenters. The van der Waals surface area contributed by atoms with Crippen molar-refractivity contribution < 1.29 is 0 Å². The van der Waals surface area contributed by atoms with Crippen molar-refractivity contribution in [2.45, 2.75) is 46.1 Å². The van der Waals surface area contributed by atoms with Gasteiger partial charge in [0, 0.05) is 43.5 Å². The number of halogens is 1. The Morgan fingerprint density at radius 1 is 1.30 bits per heavy atom. The summed E-state index contributed by atoms with van der Waals surface area (Å²) < 4.78 is 0. The van der Waals surface area contributed by atoms with Gasteiger partial charge >= 0.3 is 0 Å². The minimum Gasteiger partial charge on any atom is -0.357 e. The summed E-state index contributed by atoms with van der Waals surface area (Å²) in [6.07, 6.45) is 4.58. The molecule has 0 unspecified atom stereocenters. The van der Waals surface area contributed by atoms with Crippen LogP contribution in [0, 0.1) is 5.92 Å². The maximum atomic E-state index is 4.97. The van der Waals surface area contributed by atoms with E-state index in [1.807, 2.05) is 11.3 Å². The zero-order valence-electron chi connectivity index (χ0n) is 18.5. The van der Waals surface area contributed by atoms with Crippen molar-refractivity contribution in [1.29, 1.82) is 0 Å². The number of likely N-dealkylation sites (N-methyl/N-ethyl adjacent to an activating group) is 1. The maximum absolute atomic E-state index is 4.97. The molecule has 0 bridgehead atoms. The Balaban J connectivity index is 0.00000320. The van der Waals surface area contributed by atoms with Gasteiger partial charge in [-0.15, -0.1) is 46.7 Å². The van der Waals surface area contributed by atoms with E-state index in [9.17, 15) is 0 Å². The van der Waals surface area contributed by atoms with Crippen molar-refractivity contribution in [3.05, 3.63) is 38.5 Å². The van der Waals surface area contributed by atoms with Crippen molar-refractivity contribution in [2.75, 3.05) is 39.8 Å². The monoisotopic (exact) mass is 561 g/mol. The van der Waals surface area contributed by atoms with Crippen molar-refractivity contribution in [3.63, 3.8) is 0 Å². The number of piperidine rings is 1. The first kappa shape index (κ1) is 25.5. The summed E-state index contributed by atoms with van der Waals surface area (Å²) in [6, 6.07) is 4.34. The van der Waals surface area contributed by atoms with Gasteiger partial charge in [-0.2, -0.15) is 0 Å². The number of aromatic nitrogens is 1. The van der Waals surface area contributed by atoms with E-state index in [0.717, 1.165) is 58.1 Å². The molecule has 1 aliphatic rings. The van der Waals surface area contributed by atoms with E-state index in [-0.39, 0.29) is 24.0 Å². The molecule has 1 N–H and O–H groups in total. The predicted molar refractivity (Wildman–Crippen MR) is 142 cm³/mol. The second-order valence-corrected chi connectivity index (χ2v) is 9.73. The van der Waals surface area contributed by atoms with E-state index in [2.05, 4.69) is 58.9 Å². The van der Waals surface area contributed by atoms with Crippen LogP contribution in [0.2, 0.25) is 0 Å². The molecule has 0 aromatic carbocycles. The molecule has 1 aliphatic heterocycles. The minimum atomic E-state index is 0. The smallest absolute Gasteiger partial charge is 0.193 e. The van der Waals surface area contributed by atoms with Gasteiger partial charge in [-0.25, -0.2) is 4.98 Å². The number of aryl methyl sites for hydroxylation is 1. The summed E-state index contributed by atoms with van der Waals surface area (Å²) in [5.41, 5.74) is 1.24. The lowest BCUT2D eigenvalue weighted by molar-refractivity contribution is 0.179. The van der Waals surface area contributed by atoms with Crippen LogP contribution in [0.25, 0.3) is 0 Å². The maximum Gasteiger partial charge on any atom is 0.193 e. The highest BCUT2D eigenvalue weighted by molar-refractivity contribution is 14.0. The number of nitrogens with zero attached hydrogens (tertiary/aromatic N) is 4. The topological polar surface area (TPSA) is 43.8 Å². The summed E-state index contributed by atoms with van der Waals surface area (Å²) in [5, 5.41) is 9.09. The molecule has 1 fully saturated rings. The van der Waals surface area contributed by atoms with Crippen LogP contribution >= 0.6 is 46.7 Å². The minimum absolute atomic E-state index is 0. The number of nitrogens with one attached hydrogen (secondary N) is 1. The number of thiophene rings is 1. The standard InChI is InChI=1S/C22H35N5S2.HI/c1-4-21-25-19(17-29-21)16-27-12-8-18(9-13-27)15-24-22(23-5-2)26(3)11-10-20-7-6-14-28-20;/h6-7,14,17-18H,4-5,8-13,15-16H2,1-3H3,(H,23,24);1H. The van der Waals surface area contributed by atoms with Crippen LogP contribution in [0.4, 0.5) is 0 Å². The molecule has 0 amide bonds. The number of hydrogen-bond donors (Lipinski definition) is 1. The third-order valence-corrected chi connectivity index (χ3v) is 7.44. The van der Waals surface area contributed by atoms with E-state index in [1.165, 1.54) is 28.4 Å². The van der Waals surface area contributed by atoms with Crippen LogP contribution in [-0.2, 0) is 19.4 Å². The lowest BCUT2D eigenvalue weighted by Gasteiger charge is -2.31. The number of likely N-dealkylation sites (tertiary alicyclic amines) is 1. The summed E-state index contributed by atoms with van der Waals surface area (Å²) >= 11 is 3.63. The molecule has 3 rings (SSSR count). The quantitative estimate of drug-likeness (QED) is 0.273. The molecule has 8 heteroatoms. The van der Waals surface area contributed by atoms with Crippen LogP contribution in [0.1, 0.15) is 42.3 Å². The van der Waals surface area contributed by atoms with Gasteiger partial charge in [0.15, 0.2) is 5.96 Å². The van der Waals surface area contributed by atoms with Crippen LogP contribution < -0.4 is 5.32 Å². The zero-order valence-corrected chi connectivity index (χ0v) is 22.4. The lowest BCUT2D eigenvalue weighted by Crippen LogP contribution is -2.40. The van der Waals surface area contributed by atoms with Gasteiger partial charge in [-0.05, 0) is 63.1 Å². The normalized spacial score (nSPS) is 15.8. The second-order valence-electron chi connectivity index (χ2n) is 7.75. The third-order valence-electron chi connectivity index (χ3n) is 5.46. The van der Waals surface area contributed by atoms with Crippen LogP contribution in [0.15, 0.2) is 27.9 Å². The molecular weight excluding hydrogens is 525 g/mol. The molecule has 1 saturated heterocycles. The fourth-order valence-corrected chi connectivity index (χ4v) is 5.10. The van der Waals surface area contributed by atoms with Gasteiger partial charge in [-0.3, -0.25) is 9.89 Å². The Morgan fingerprint density at radius 3 is 2.73 bits per heavy atom. The largest absolute Gasteiger partial charge is 0.357 e. The molecule has 0 saturated carbocycles. The number of aliphatic imine (C=N–C) groups is 1. The van der Waals surface area contributed by atoms with Gasteiger partial charge in [0.2, 0.25) is 0 Å². The number of thiazole rings is 1. The molecule has 0 aliphatic carbocycles. The first-order valence-electron chi connectivity index (χ1n) is 10.8. The predicted octanol–water partition coefficient (Wildman–Crippen LogP) is 4.74. The molecular formula is C22H36IN5S2. The Hall–Kier alpha value is -0.710. The average molecular weight is 562 g/mol. The molecule has 0 radical (unpaired) electrons. The van der Waals surface area contributed by atoms with Crippen LogP contribution in [0.5, 0.6) is 0 Å². The van der Waals surface area contributed by atoms with Crippen LogP contribution in [0.3, 0.4) is 0 Å². The molecule has 2 aromatic heterocycles. The number of guanidine groups is 1. The highest BCUT2D eigenvalue weighted by Crippen LogP contribution is 2.20. The Bertz CT molecular complexity index is 739. The first-order valence-corrected chi connectivity index (χ1v) is 12.6. The van der Waals surface area contributed by atoms with E-state index >= 15 is 0 Å². The Morgan fingerprint density at radius 2 is 2.10 bits per heavy atom. The summed E-state index contributed by atoms with van der Waals surface area (Å²) in [7, 11) is 2.15. The Kier molecular flexibility index (Phi) is 11.6. The van der Waals surface area contributed by atoms with Gasteiger partial charge in [-0.1, -0.05) is 13.0 Å². The van der Waals surface area contributed by atoms with Gasteiger partial charge in [0.05, 0.1) is 10.7 Å². The van der Waals surface area contributed by atoms with E-state index in [4.69, 9.17) is 9.98 Å². The summed E-state index contributed by atoms with van der Waals surface area (Å²) in [5.74, 6) is 1.73. The Labute approximate surface area is 207 Å². The van der Waals surface area contributed by atoms with Gasteiger partial charge in [0.1, 0.15) is 0 Å². The van der Waals surface area contributed by atoms with Crippen LogP contribution in [-0.4, -0.2) is 60.5 Å². The van der Waals surface area contributed by atoms with E-state index in [0.29, 0.717) is 5.92 Å². The lowest BCUT2D eigenvalue weighted by atomic mass is 9.97. The fourth-order valence-electron chi connectivity index (χ4n) is 3.66. The summed E-state index contributed by atoms with van der Waals surface area (Å²) in [6.45, 7) is 10.5. The van der Waals surface area contributed by atoms with Gasteiger partial charge < -0.3 is 10.2 Å². The third kappa shape index (κ3) is 8.09. The van der Waals surface area contributed by atoms with Crippen molar-refractivity contribution in [1.82, 2.24) is 20.1 Å². The highest BCUT2D eigenvalue weighted by atomic mass is 127. The van der Waals surface area contributed by atoms with Crippen molar-refractivity contribution in [2.24, 2.45) is 10.9 Å². The molecule has 3 heterocycles. The number of hydrogen-bond acceptors (Lipinski definition) is 5. The summed E-state index contributed by atoms with van der Waals surface area (Å²) in [4.78, 5) is 15.9. The average Bonchev–Trinajstić information content (AvgIpc) is 3.42. The molecule has 2 aromatic rings. The van der Waals surface area contributed by atoms with Gasteiger partial charge in [0.25, 0.3) is 0 Å². The highest BCUT2D eigenvalue weighted by Gasteiger charge is 2.20. The second kappa shape index (κ2) is 13.6. The molecule has 168 valence electrons. The van der Waals surface area contributed by atoms with E-state index in [1.54, 1.807) is 11.3 Å². The zero-order chi connectivity index (χ0) is 20.5. The fraction of sp³-hybridized carbons (Fsp3) is 0.636. The first-order chi connectivity index (χ1) is 14.2. The molecule has 30 heavy (non-hydrogen) atoms. The SMILES string of the molecule is CCNC(=NCC1CCN(Cc2csc(CC)n2)CC1)N(C)CCc1cccs1.I.